The second-order valence-corrected chi connectivity index (χ2v) is 8.12. The van der Waals surface area contributed by atoms with Gasteiger partial charge in [0, 0.05) is 13.5 Å². The van der Waals surface area contributed by atoms with E-state index in [1.54, 1.807) is 13.2 Å². The topological polar surface area (TPSA) is 27.7 Å². The fourth-order valence-corrected chi connectivity index (χ4v) is 3.65. The number of methoxy groups -OCH3 is 1. The average Bonchev–Trinajstić information content (AvgIpc) is 3.04. The summed E-state index contributed by atoms with van der Waals surface area (Å²) in [5.74, 6) is 11.4. The van der Waals surface area contributed by atoms with Crippen molar-refractivity contribution < 1.29 is 14.2 Å². The van der Waals surface area contributed by atoms with Crippen LogP contribution in [0.15, 0.2) is 42.5 Å². The Morgan fingerprint density at radius 2 is 1.77 bits per heavy atom. The number of ether oxygens (including phenoxy) is 3. The molecule has 0 radical (unpaired) electrons. The van der Waals surface area contributed by atoms with Gasteiger partial charge in [0.2, 0.25) is 0 Å². The standard InChI is InChI=1S/C27H36O3/c1-5-6-7-9-16-21-25-26(30-27(2,3)29-25)22-17-11-8-10-15-20-24(28-4)23-18-13-12-14-19-23/h12-15,18-20,24-26H,5-7,9,16,21-22H2,1-4H3/t24?,25-,26-/m1/s1. The summed E-state index contributed by atoms with van der Waals surface area (Å²) in [5.41, 5.74) is 1.10. The number of hydrogen-bond acceptors (Lipinski definition) is 3. The molecule has 1 aliphatic rings. The van der Waals surface area contributed by atoms with Crippen molar-refractivity contribution in [3.8, 4) is 23.7 Å². The molecule has 0 saturated carbocycles. The normalized spacial score (nSPS) is 20.9. The van der Waals surface area contributed by atoms with E-state index in [0.29, 0.717) is 6.42 Å². The first kappa shape index (κ1) is 24.2. The third-order valence-corrected chi connectivity index (χ3v) is 5.14. The maximum absolute atomic E-state index is 6.09. The van der Waals surface area contributed by atoms with Crippen molar-refractivity contribution >= 4 is 0 Å². The summed E-state index contributed by atoms with van der Waals surface area (Å²) in [5, 5.41) is 0. The van der Waals surface area contributed by atoms with Gasteiger partial charge < -0.3 is 14.2 Å². The molecule has 3 heteroatoms. The zero-order valence-corrected chi connectivity index (χ0v) is 18.9. The fourth-order valence-electron chi connectivity index (χ4n) is 3.65. The molecule has 3 atom stereocenters. The maximum atomic E-state index is 6.09. The van der Waals surface area contributed by atoms with E-state index in [4.69, 9.17) is 14.2 Å². The van der Waals surface area contributed by atoms with Crippen molar-refractivity contribution in [2.75, 3.05) is 7.11 Å². The lowest BCUT2D eigenvalue weighted by Crippen LogP contribution is -2.21. The fraction of sp³-hybridized carbons (Fsp3) is 0.556. The third-order valence-electron chi connectivity index (χ3n) is 5.14. The van der Waals surface area contributed by atoms with Crippen molar-refractivity contribution in [2.24, 2.45) is 0 Å². The molecule has 0 amide bonds. The Morgan fingerprint density at radius 1 is 1.03 bits per heavy atom. The van der Waals surface area contributed by atoms with Crippen molar-refractivity contribution in [3.63, 3.8) is 0 Å². The highest BCUT2D eigenvalue weighted by Gasteiger charge is 2.40. The van der Waals surface area contributed by atoms with Crippen LogP contribution in [-0.4, -0.2) is 25.1 Å². The van der Waals surface area contributed by atoms with E-state index in [9.17, 15) is 0 Å². The largest absolute Gasteiger partial charge is 0.373 e. The lowest BCUT2D eigenvalue weighted by molar-refractivity contribution is -0.146. The van der Waals surface area contributed by atoms with Crippen LogP contribution in [0.2, 0.25) is 0 Å². The Morgan fingerprint density at radius 3 is 2.50 bits per heavy atom. The number of unbranched alkanes of at least 4 members (excludes halogenated alkanes) is 4. The Balaban J connectivity index is 1.81. The molecule has 0 aliphatic carbocycles. The molecule has 0 N–H and O–H groups in total. The van der Waals surface area contributed by atoms with E-state index in [1.807, 2.05) is 50.3 Å². The summed E-state index contributed by atoms with van der Waals surface area (Å²) in [6.07, 6.45) is 11.8. The molecule has 1 aromatic rings. The molecule has 0 bridgehead atoms. The highest BCUT2D eigenvalue weighted by molar-refractivity contribution is 5.32. The Hall–Kier alpha value is -2.04. The molecule has 2 rings (SSSR count). The molecule has 1 heterocycles. The zero-order chi connectivity index (χ0) is 21.7. The molecule has 30 heavy (non-hydrogen) atoms. The minimum atomic E-state index is -0.526. The molecular formula is C27H36O3. The first-order valence-corrected chi connectivity index (χ1v) is 11.1. The van der Waals surface area contributed by atoms with E-state index in [0.717, 1.165) is 12.0 Å². The van der Waals surface area contributed by atoms with Gasteiger partial charge in [-0.1, -0.05) is 81.2 Å². The van der Waals surface area contributed by atoms with Gasteiger partial charge in [-0.15, -0.1) is 0 Å². The number of allylic oxidation sites excluding steroid dienone is 1. The molecule has 1 fully saturated rings. The van der Waals surface area contributed by atoms with Crippen molar-refractivity contribution in [3.05, 3.63) is 48.0 Å². The molecule has 1 aliphatic heterocycles. The Kier molecular flexibility index (Phi) is 10.7. The number of benzene rings is 1. The van der Waals surface area contributed by atoms with E-state index < -0.39 is 5.79 Å². The van der Waals surface area contributed by atoms with Crippen LogP contribution >= 0.6 is 0 Å². The van der Waals surface area contributed by atoms with E-state index in [2.05, 4.69) is 30.6 Å². The molecule has 162 valence electrons. The molecular weight excluding hydrogens is 372 g/mol. The first-order valence-electron chi connectivity index (χ1n) is 11.1. The molecule has 0 aromatic heterocycles. The third kappa shape index (κ3) is 8.76. The Labute approximate surface area is 183 Å². The second kappa shape index (κ2) is 13.3. The monoisotopic (exact) mass is 408 g/mol. The minimum absolute atomic E-state index is 0.0203. The van der Waals surface area contributed by atoms with Gasteiger partial charge in [0.1, 0.15) is 6.10 Å². The van der Waals surface area contributed by atoms with Gasteiger partial charge in [-0.2, -0.15) is 0 Å². The van der Waals surface area contributed by atoms with Crippen LogP contribution in [0.1, 0.15) is 77.4 Å². The van der Waals surface area contributed by atoms with Gasteiger partial charge in [-0.25, -0.2) is 0 Å². The van der Waals surface area contributed by atoms with E-state index in [-0.39, 0.29) is 18.3 Å². The van der Waals surface area contributed by atoms with Crippen molar-refractivity contribution in [1.82, 2.24) is 0 Å². The quantitative estimate of drug-likeness (QED) is 0.340. The molecule has 1 aromatic carbocycles. The molecule has 1 unspecified atom stereocenters. The summed E-state index contributed by atoms with van der Waals surface area (Å²) < 4.78 is 17.6. The van der Waals surface area contributed by atoms with Gasteiger partial charge >= 0.3 is 0 Å². The number of hydrogen-bond donors (Lipinski definition) is 0. The minimum Gasteiger partial charge on any atom is -0.373 e. The van der Waals surface area contributed by atoms with Crippen molar-refractivity contribution in [1.29, 1.82) is 0 Å². The average molecular weight is 409 g/mol. The maximum Gasteiger partial charge on any atom is 0.163 e. The predicted octanol–water partition coefficient (Wildman–Crippen LogP) is 6.21. The van der Waals surface area contributed by atoms with Gasteiger partial charge in [0.15, 0.2) is 5.79 Å². The smallest absolute Gasteiger partial charge is 0.163 e. The molecule has 3 nitrogen and oxygen atoms in total. The summed E-state index contributed by atoms with van der Waals surface area (Å²) in [6, 6.07) is 10.1. The van der Waals surface area contributed by atoms with Gasteiger partial charge in [0.05, 0.1) is 12.2 Å². The summed E-state index contributed by atoms with van der Waals surface area (Å²) in [7, 11) is 1.70. The lowest BCUT2D eigenvalue weighted by Gasteiger charge is -2.16. The lowest BCUT2D eigenvalue weighted by atomic mass is 10.0. The molecule has 0 spiro atoms. The van der Waals surface area contributed by atoms with Crippen LogP contribution in [0.3, 0.4) is 0 Å². The van der Waals surface area contributed by atoms with Gasteiger partial charge in [0.25, 0.3) is 0 Å². The van der Waals surface area contributed by atoms with Crippen molar-refractivity contribution in [2.45, 2.75) is 89.8 Å². The van der Waals surface area contributed by atoms with Crippen LogP contribution in [0.25, 0.3) is 0 Å². The van der Waals surface area contributed by atoms with Crippen LogP contribution in [-0.2, 0) is 14.2 Å². The summed E-state index contributed by atoms with van der Waals surface area (Å²) in [6.45, 7) is 6.20. The highest BCUT2D eigenvalue weighted by atomic mass is 16.7. The van der Waals surface area contributed by atoms with Gasteiger partial charge in [-0.3, -0.25) is 0 Å². The Bertz CT molecular complexity index is 758. The predicted molar refractivity (Wildman–Crippen MR) is 123 cm³/mol. The summed E-state index contributed by atoms with van der Waals surface area (Å²) in [4.78, 5) is 0. The number of rotatable bonds is 10. The zero-order valence-electron chi connectivity index (χ0n) is 18.9. The van der Waals surface area contributed by atoms with E-state index in [1.165, 1.54) is 32.1 Å². The van der Waals surface area contributed by atoms with Crippen LogP contribution in [0, 0.1) is 23.7 Å². The second-order valence-electron chi connectivity index (χ2n) is 8.12. The summed E-state index contributed by atoms with van der Waals surface area (Å²) >= 11 is 0. The molecule has 1 saturated heterocycles. The van der Waals surface area contributed by atoms with Crippen LogP contribution in [0.4, 0.5) is 0 Å². The van der Waals surface area contributed by atoms with Crippen LogP contribution < -0.4 is 0 Å². The van der Waals surface area contributed by atoms with E-state index >= 15 is 0 Å². The highest BCUT2D eigenvalue weighted by Crippen LogP contribution is 2.32. The first-order chi connectivity index (χ1) is 14.6. The SMILES string of the molecule is CCCCCCC[C@H]1OC(C)(C)O[C@@H]1CC#CC#CC=CC(OC)c1ccccc1. The van der Waals surface area contributed by atoms with Gasteiger partial charge in [-0.05, 0) is 49.8 Å². The van der Waals surface area contributed by atoms with Crippen LogP contribution in [0.5, 0.6) is 0 Å².